The molecule has 0 saturated carbocycles. The van der Waals surface area contributed by atoms with Crippen LogP contribution in [-0.2, 0) is 11.0 Å². The van der Waals surface area contributed by atoms with Crippen LogP contribution in [0.3, 0.4) is 0 Å². The Morgan fingerprint density at radius 3 is 2.30 bits per heavy atom. The number of aromatic nitrogens is 1. The Labute approximate surface area is 175 Å². The summed E-state index contributed by atoms with van der Waals surface area (Å²) in [7, 11) is 0. The predicted molar refractivity (Wildman–Crippen MR) is 108 cm³/mol. The number of benzene rings is 1. The number of nitrogens with zero attached hydrogens (tertiary/aromatic N) is 3. The monoisotopic (exact) mass is 441 g/mol. The quantitative estimate of drug-likeness (QED) is 0.752. The van der Waals surface area contributed by atoms with E-state index in [1.165, 1.54) is 19.1 Å². The fourth-order valence-electron chi connectivity index (χ4n) is 2.97. The maximum Gasteiger partial charge on any atom is 0.417 e. The molecule has 2 aromatic rings. The number of anilines is 3. The normalized spacial score (nSPS) is 14.4. The molecule has 1 aliphatic rings. The first-order valence-electron chi connectivity index (χ1n) is 9.05. The second-order valence-electron chi connectivity index (χ2n) is 6.68. The molecular formula is C19H19ClF3N5O2. The molecule has 3 amide bonds. The summed E-state index contributed by atoms with van der Waals surface area (Å²) in [5.41, 5.74) is 0.122. The lowest BCUT2D eigenvalue weighted by atomic mass is 10.2. The average molecular weight is 442 g/mol. The van der Waals surface area contributed by atoms with Gasteiger partial charge in [-0.15, -0.1) is 0 Å². The molecule has 30 heavy (non-hydrogen) atoms. The van der Waals surface area contributed by atoms with E-state index >= 15 is 0 Å². The van der Waals surface area contributed by atoms with Crippen LogP contribution in [0.15, 0.2) is 36.5 Å². The summed E-state index contributed by atoms with van der Waals surface area (Å²) in [5.74, 6) is 0.197. The van der Waals surface area contributed by atoms with E-state index in [-0.39, 0.29) is 17.0 Å². The van der Waals surface area contributed by atoms with E-state index in [0.717, 1.165) is 12.3 Å². The zero-order chi connectivity index (χ0) is 21.9. The first-order chi connectivity index (χ1) is 14.1. The molecule has 11 heteroatoms. The van der Waals surface area contributed by atoms with Crippen LogP contribution in [0.4, 0.5) is 35.2 Å². The second kappa shape index (κ2) is 8.78. The number of carbonyl (C=O) groups is 2. The highest BCUT2D eigenvalue weighted by molar-refractivity contribution is 6.34. The van der Waals surface area contributed by atoms with Crippen LogP contribution in [-0.4, -0.2) is 48.0 Å². The van der Waals surface area contributed by atoms with E-state index in [2.05, 4.69) is 15.6 Å². The molecule has 0 radical (unpaired) electrons. The number of halogens is 4. The van der Waals surface area contributed by atoms with E-state index in [1.807, 2.05) is 4.90 Å². The van der Waals surface area contributed by atoms with Crippen molar-refractivity contribution in [1.82, 2.24) is 9.88 Å². The molecule has 0 bridgehead atoms. The van der Waals surface area contributed by atoms with Crippen molar-refractivity contribution in [3.63, 3.8) is 0 Å². The second-order valence-corrected chi connectivity index (χ2v) is 7.09. The number of amides is 3. The van der Waals surface area contributed by atoms with Crippen LogP contribution >= 0.6 is 11.6 Å². The smallest absolute Gasteiger partial charge is 0.353 e. The molecule has 160 valence electrons. The lowest BCUT2D eigenvalue weighted by Gasteiger charge is -2.35. The minimum atomic E-state index is -4.43. The highest BCUT2D eigenvalue weighted by atomic mass is 35.5. The van der Waals surface area contributed by atoms with Crippen molar-refractivity contribution in [3.8, 4) is 0 Å². The topological polar surface area (TPSA) is 77.6 Å². The summed E-state index contributed by atoms with van der Waals surface area (Å²) >= 11 is 6.16. The standard InChI is InChI=1S/C19H19ClF3N5O2/c1-12(29)25-14-3-4-16(15(20)10-14)26-18(30)28-8-6-27(7-9-28)17-5-2-13(11-24-17)19(21,22)23/h2-5,10-11H,6-9H2,1H3,(H,25,29)(H,26,30). The van der Waals surface area contributed by atoms with Crippen molar-refractivity contribution in [2.75, 3.05) is 41.7 Å². The lowest BCUT2D eigenvalue weighted by Crippen LogP contribution is -2.50. The molecule has 1 aromatic heterocycles. The fourth-order valence-corrected chi connectivity index (χ4v) is 3.20. The number of urea groups is 1. The van der Waals surface area contributed by atoms with Gasteiger partial charge in [0.2, 0.25) is 5.91 Å². The molecule has 0 atom stereocenters. The number of carbonyl (C=O) groups excluding carboxylic acids is 2. The third kappa shape index (κ3) is 5.32. The molecule has 1 saturated heterocycles. The molecule has 1 aliphatic heterocycles. The Morgan fingerprint density at radius 2 is 1.77 bits per heavy atom. The number of pyridine rings is 1. The summed E-state index contributed by atoms with van der Waals surface area (Å²) < 4.78 is 38.0. The minimum Gasteiger partial charge on any atom is -0.353 e. The molecule has 1 aromatic carbocycles. The molecule has 0 aliphatic carbocycles. The highest BCUT2D eigenvalue weighted by Gasteiger charge is 2.31. The molecular weight excluding hydrogens is 423 g/mol. The highest BCUT2D eigenvalue weighted by Crippen LogP contribution is 2.30. The predicted octanol–water partition coefficient (Wildman–Crippen LogP) is 4.07. The van der Waals surface area contributed by atoms with Crippen molar-refractivity contribution in [1.29, 1.82) is 0 Å². The van der Waals surface area contributed by atoms with Gasteiger partial charge in [0, 0.05) is 45.0 Å². The van der Waals surface area contributed by atoms with E-state index in [1.54, 1.807) is 17.0 Å². The van der Waals surface area contributed by atoms with E-state index < -0.39 is 11.7 Å². The maximum absolute atomic E-state index is 12.7. The number of hydrogen-bond donors (Lipinski definition) is 2. The van der Waals surface area contributed by atoms with E-state index in [9.17, 15) is 22.8 Å². The van der Waals surface area contributed by atoms with Crippen molar-refractivity contribution in [2.45, 2.75) is 13.1 Å². The zero-order valence-electron chi connectivity index (χ0n) is 16.0. The maximum atomic E-state index is 12.7. The number of alkyl halides is 3. The van der Waals surface area contributed by atoms with Gasteiger partial charge in [-0.3, -0.25) is 4.79 Å². The Kier molecular flexibility index (Phi) is 6.35. The summed E-state index contributed by atoms with van der Waals surface area (Å²) in [4.78, 5) is 30.9. The van der Waals surface area contributed by atoms with Crippen LogP contribution in [0.2, 0.25) is 5.02 Å². The first kappa shape index (κ1) is 21.7. The molecule has 2 heterocycles. The molecule has 2 N–H and O–H groups in total. The van der Waals surface area contributed by atoms with Gasteiger partial charge >= 0.3 is 12.2 Å². The van der Waals surface area contributed by atoms with Crippen molar-refractivity contribution < 1.29 is 22.8 Å². The van der Waals surface area contributed by atoms with Gasteiger partial charge in [-0.25, -0.2) is 9.78 Å². The van der Waals surface area contributed by atoms with Gasteiger partial charge in [-0.2, -0.15) is 13.2 Å². The van der Waals surface area contributed by atoms with Crippen molar-refractivity contribution >= 4 is 40.7 Å². The van der Waals surface area contributed by atoms with Crippen LogP contribution in [0.25, 0.3) is 0 Å². The summed E-state index contributed by atoms with van der Waals surface area (Å²) in [6.07, 6.45) is -3.62. The summed E-state index contributed by atoms with van der Waals surface area (Å²) in [5, 5.41) is 5.60. The van der Waals surface area contributed by atoms with Crippen molar-refractivity contribution in [2.24, 2.45) is 0 Å². The minimum absolute atomic E-state index is 0.233. The first-order valence-corrected chi connectivity index (χ1v) is 9.42. The van der Waals surface area contributed by atoms with E-state index in [0.29, 0.717) is 43.4 Å². The van der Waals surface area contributed by atoms with Crippen LogP contribution in [0, 0.1) is 0 Å². The molecule has 0 unspecified atom stereocenters. The Balaban J connectivity index is 1.56. The number of nitrogens with one attached hydrogen (secondary N) is 2. The van der Waals surface area contributed by atoms with Gasteiger partial charge in [-0.05, 0) is 30.3 Å². The van der Waals surface area contributed by atoms with Gasteiger partial charge in [0.1, 0.15) is 5.82 Å². The van der Waals surface area contributed by atoms with Crippen molar-refractivity contribution in [3.05, 3.63) is 47.1 Å². The van der Waals surface area contributed by atoms with Gasteiger partial charge in [0.25, 0.3) is 0 Å². The lowest BCUT2D eigenvalue weighted by molar-refractivity contribution is -0.137. The average Bonchev–Trinajstić information content (AvgIpc) is 2.69. The van der Waals surface area contributed by atoms with Gasteiger partial charge in [0.05, 0.1) is 16.3 Å². The molecule has 0 spiro atoms. The fraction of sp³-hybridized carbons (Fsp3) is 0.316. The zero-order valence-corrected chi connectivity index (χ0v) is 16.7. The number of rotatable bonds is 3. The number of hydrogen-bond acceptors (Lipinski definition) is 4. The van der Waals surface area contributed by atoms with Gasteiger partial charge < -0.3 is 20.4 Å². The Bertz CT molecular complexity index is 929. The van der Waals surface area contributed by atoms with Crippen LogP contribution in [0.1, 0.15) is 12.5 Å². The number of piperazine rings is 1. The summed E-state index contributed by atoms with van der Waals surface area (Å²) in [6.45, 7) is 2.98. The third-order valence-corrected chi connectivity index (χ3v) is 4.81. The third-order valence-electron chi connectivity index (χ3n) is 4.50. The molecule has 3 rings (SSSR count). The van der Waals surface area contributed by atoms with Gasteiger partial charge in [-0.1, -0.05) is 11.6 Å². The Hall–Kier alpha value is -3.01. The van der Waals surface area contributed by atoms with Gasteiger partial charge in [0.15, 0.2) is 0 Å². The SMILES string of the molecule is CC(=O)Nc1ccc(NC(=O)N2CCN(c3ccc(C(F)(F)F)cn3)CC2)c(Cl)c1. The van der Waals surface area contributed by atoms with Crippen LogP contribution in [0.5, 0.6) is 0 Å². The summed E-state index contributed by atoms with van der Waals surface area (Å²) in [6, 6.07) is 6.73. The van der Waals surface area contributed by atoms with E-state index in [4.69, 9.17) is 11.6 Å². The molecule has 7 nitrogen and oxygen atoms in total. The van der Waals surface area contributed by atoms with Crippen LogP contribution < -0.4 is 15.5 Å². The molecule has 1 fully saturated rings. The Morgan fingerprint density at radius 1 is 1.07 bits per heavy atom. The largest absolute Gasteiger partial charge is 0.417 e.